The molecule has 3 aromatic rings. The summed E-state index contributed by atoms with van der Waals surface area (Å²) in [4.78, 5) is 23.1. The van der Waals surface area contributed by atoms with E-state index in [4.69, 9.17) is 0 Å². The third-order valence-corrected chi connectivity index (χ3v) is 3.95. The fourth-order valence-corrected chi connectivity index (χ4v) is 2.72. The molecule has 2 aromatic carbocycles. The molecule has 0 aliphatic rings. The Morgan fingerprint density at radius 2 is 1.72 bits per heavy atom. The van der Waals surface area contributed by atoms with E-state index in [1.807, 2.05) is 6.07 Å². The number of hydrogen-bond donors (Lipinski definition) is 3. The SMILES string of the molecule is CC(=O)Nc1cccc(Nc2cc(NCc3cccc(F)c3)c(C(C)=O)nn2)c1. The molecule has 0 aliphatic heterocycles. The van der Waals surface area contributed by atoms with Crippen molar-refractivity contribution in [3.63, 3.8) is 0 Å². The Kier molecular flexibility index (Phi) is 6.13. The lowest BCUT2D eigenvalue weighted by molar-refractivity contribution is -0.114. The highest BCUT2D eigenvalue weighted by Gasteiger charge is 2.12. The van der Waals surface area contributed by atoms with Gasteiger partial charge in [-0.25, -0.2) is 4.39 Å². The van der Waals surface area contributed by atoms with Crippen molar-refractivity contribution in [2.45, 2.75) is 20.4 Å². The minimum atomic E-state index is -0.328. The van der Waals surface area contributed by atoms with Gasteiger partial charge >= 0.3 is 0 Å². The summed E-state index contributed by atoms with van der Waals surface area (Å²) in [5.74, 6) is -0.322. The fraction of sp³-hybridized carbons (Fsp3) is 0.143. The summed E-state index contributed by atoms with van der Waals surface area (Å²) >= 11 is 0. The van der Waals surface area contributed by atoms with Gasteiger partial charge in [-0.15, -0.1) is 10.2 Å². The highest BCUT2D eigenvalue weighted by atomic mass is 19.1. The van der Waals surface area contributed by atoms with Crippen LogP contribution in [0.4, 0.5) is 27.3 Å². The zero-order valence-electron chi connectivity index (χ0n) is 16.0. The second kappa shape index (κ2) is 8.92. The maximum atomic E-state index is 13.4. The van der Waals surface area contributed by atoms with Crippen molar-refractivity contribution >= 4 is 34.6 Å². The van der Waals surface area contributed by atoms with Crippen LogP contribution < -0.4 is 16.0 Å². The number of halogens is 1. The van der Waals surface area contributed by atoms with Crippen molar-refractivity contribution in [1.29, 1.82) is 0 Å². The molecule has 3 N–H and O–H groups in total. The topological polar surface area (TPSA) is 96.0 Å². The van der Waals surface area contributed by atoms with Gasteiger partial charge in [0.2, 0.25) is 5.91 Å². The Bertz CT molecular complexity index is 1050. The molecule has 0 saturated heterocycles. The monoisotopic (exact) mass is 393 g/mol. The summed E-state index contributed by atoms with van der Waals surface area (Å²) in [7, 11) is 0. The number of carbonyl (C=O) groups is 2. The summed E-state index contributed by atoms with van der Waals surface area (Å²) in [6.45, 7) is 3.16. The molecule has 0 radical (unpaired) electrons. The molecular weight excluding hydrogens is 373 g/mol. The lowest BCUT2D eigenvalue weighted by Crippen LogP contribution is -2.10. The Hall–Kier alpha value is -3.81. The molecule has 29 heavy (non-hydrogen) atoms. The number of rotatable bonds is 7. The number of nitrogens with zero attached hydrogens (tertiary/aromatic N) is 2. The van der Waals surface area contributed by atoms with Gasteiger partial charge in [0.25, 0.3) is 0 Å². The maximum absolute atomic E-state index is 13.4. The second-order valence-electron chi connectivity index (χ2n) is 6.42. The number of nitrogens with one attached hydrogen (secondary N) is 3. The van der Waals surface area contributed by atoms with Crippen LogP contribution in [0.5, 0.6) is 0 Å². The molecule has 0 saturated carbocycles. The van der Waals surface area contributed by atoms with Gasteiger partial charge in [-0.3, -0.25) is 9.59 Å². The molecule has 3 rings (SSSR count). The van der Waals surface area contributed by atoms with Crippen molar-refractivity contribution in [1.82, 2.24) is 10.2 Å². The highest BCUT2D eigenvalue weighted by Crippen LogP contribution is 2.23. The first kappa shape index (κ1) is 19.9. The molecule has 0 bridgehead atoms. The number of hydrogen-bond acceptors (Lipinski definition) is 6. The number of carbonyl (C=O) groups excluding carboxylic acids is 2. The Labute approximate surface area is 167 Å². The predicted molar refractivity (Wildman–Crippen MR) is 110 cm³/mol. The second-order valence-corrected chi connectivity index (χ2v) is 6.42. The fourth-order valence-electron chi connectivity index (χ4n) is 2.72. The third kappa shape index (κ3) is 5.58. The van der Waals surface area contributed by atoms with Crippen molar-refractivity contribution in [3.8, 4) is 0 Å². The van der Waals surface area contributed by atoms with E-state index in [0.29, 0.717) is 29.4 Å². The van der Waals surface area contributed by atoms with Crippen LogP contribution in [0.15, 0.2) is 54.6 Å². The third-order valence-electron chi connectivity index (χ3n) is 3.95. The van der Waals surface area contributed by atoms with E-state index in [0.717, 1.165) is 5.56 Å². The molecule has 8 heteroatoms. The number of aromatic nitrogens is 2. The zero-order valence-corrected chi connectivity index (χ0v) is 16.0. The van der Waals surface area contributed by atoms with E-state index in [1.165, 1.54) is 26.0 Å². The first-order chi connectivity index (χ1) is 13.9. The molecule has 1 aromatic heterocycles. The average molecular weight is 393 g/mol. The summed E-state index contributed by atoms with van der Waals surface area (Å²) in [5, 5.41) is 17.0. The normalized spacial score (nSPS) is 10.3. The van der Waals surface area contributed by atoms with Crippen molar-refractivity contribution in [3.05, 3.63) is 71.7 Å². The van der Waals surface area contributed by atoms with Crippen LogP contribution in [0.2, 0.25) is 0 Å². The van der Waals surface area contributed by atoms with E-state index in [1.54, 1.807) is 36.4 Å². The van der Waals surface area contributed by atoms with Gasteiger partial charge in [0.1, 0.15) is 5.82 Å². The number of Topliss-reactive ketones (excluding diaryl/α,β-unsaturated/α-hetero) is 1. The van der Waals surface area contributed by atoms with E-state index in [2.05, 4.69) is 26.1 Å². The molecule has 0 spiro atoms. The summed E-state index contributed by atoms with van der Waals surface area (Å²) in [6.07, 6.45) is 0. The molecule has 0 unspecified atom stereocenters. The van der Waals surface area contributed by atoms with E-state index < -0.39 is 0 Å². The van der Waals surface area contributed by atoms with Crippen LogP contribution in [0.3, 0.4) is 0 Å². The Balaban J connectivity index is 1.81. The van der Waals surface area contributed by atoms with Crippen LogP contribution in [0.25, 0.3) is 0 Å². The quantitative estimate of drug-likeness (QED) is 0.522. The number of benzene rings is 2. The van der Waals surface area contributed by atoms with Crippen LogP contribution >= 0.6 is 0 Å². The summed E-state index contributed by atoms with van der Waals surface area (Å²) < 4.78 is 13.4. The molecule has 148 valence electrons. The van der Waals surface area contributed by atoms with Crippen LogP contribution in [-0.2, 0) is 11.3 Å². The number of ketones is 1. The van der Waals surface area contributed by atoms with Gasteiger partial charge in [0, 0.05) is 37.8 Å². The van der Waals surface area contributed by atoms with Crippen LogP contribution in [-0.4, -0.2) is 21.9 Å². The average Bonchev–Trinajstić information content (AvgIpc) is 2.66. The minimum absolute atomic E-state index is 0.170. The molecular formula is C21H20FN5O2. The van der Waals surface area contributed by atoms with Crippen molar-refractivity contribution < 1.29 is 14.0 Å². The van der Waals surface area contributed by atoms with Gasteiger partial charge in [0.15, 0.2) is 17.3 Å². The van der Waals surface area contributed by atoms with Gasteiger partial charge < -0.3 is 16.0 Å². The highest BCUT2D eigenvalue weighted by molar-refractivity contribution is 5.97. The molecule has 0 atom stereocenters. The van der Waals surface area contributed by atoms with Crippen LogP contribution in [0, 0.1) is 5.82 Å². The maximum Gasteiger partial charge on any atom is 0.221 e. The minimum Gasteiger partial charge on any atom is -0.379 e. The Morgan fingerprint density at radius 1 is 0.966 bits per heavy atom. The predicted octanol–water partition coefficient (Wildman–Crippen LogP) is 4.13. The van der Waals surface area contributed by atoms with Gasteiger partial charge in [-0.05, 0) is 35.9 Å². The lowest BCUT2D eigenvalue weighted by atomic mass is 10.2. The summed E-state index contributed by atoms with van der Waals surface area (Å²) in [5.41, 5.74) is 2.74. The van der Waals surface area contributed by atoms with Crippen molar-refractivity contribution in [2.75, 3.05) is 16.0 Å². The standard InChI is InChI=1S/C21H20FN5O2/c1-13(28)21-19(23-12-15-5-3-6-16(22)9-15)11-20(26-27-21)25-18-8-4-7-17(10-18)24-14(2)29/h3-11H,12H2,1-2H3,(H,24,29)(H2,23,25,26). The molecule has 1 amide bonds. The molecule has 7 nitrogen and oxygen atoms in total. The number of anilines is 4. The van der Waals surface area contributed by atoms with E-state index in [9.17, 15) is 14.0 Å². The van der Waals surface area contributed by atoms with Crippen LogP contribution in [0.1, 0.15) is 29.9 Å². The van der Waals surface area contributed by atoms with E-state index in [-0.39, 0.29) is 23.2 Å². The van der Waals surface area contributed by atoms with Gasteiger partial charge in [-0.1, -0.05) is 18.2 Å². The van der Waals surface area contributed by atoms with E-state index >= 15 is 0 Å². The summed E-state index contributed by atoms with van der Waals surface area (Å²) in [6, 6.07) is 15.0. The molecule has 0 fully saturated rings. The zero-order chi connectivity index (χ0) is 20.8. The molecule has 0 aliphatic carbocycles. The van der Waals surface area contributed by atoms with Gasteiger partial charge in [0.05, 0.1) is 5.69 Å². The molecule has 1 heterocycles. The largest absolute Gasteiger partial charge is 0.379 e. The lowest BCUT2D eigenvalue weighted by Gasteiger charge is -2.12. The van der Waals surface area contributed by atoms with Crippen molar-refractivity contribution in [2.24, 2.45) is 0 Å². The number of amides is 1. The Morgan fingerprint density at radius 3 is 2.45 bits per heavy atom. The smallest absolute Gasteiger partial charge is 0.221 e. The van der Waals surface area contributed by atoms with Gasteiger partial charge in [-0.2, -0.15) is 0 Å². The first-order valence-corrected chi connectivity index (χ1v) is 8.92. The first-order valence-electron chi connectivity index (χ1n) is 8.92.